The maximum Gasteiger partial charge on any atom is 0.277 e. The van der Waals surface area contributed by atoms with E-state index in [-0.39, 0.29) is 11.6 Å². The minimum absolute atomic E-state index is 0.0324. The van der Waals surface area contributed by atoms with Crippen molar-refractivity contribution in [2.45, 2.75) is 19.9 Å². The first-order chi connectivity index (χ1) is 7.09. The molecule has 2 rings (SSSR count). The normalized spacial score (nSPS) is 11.2. The molecule has 0 radical (unpaired) electrons. The van der Waals surface area contributed by atoms with E-state index in [0.717, 1.165) is 9.86 Å². The molecule has 0 aliphatic rings. The zero-order valence-corrected chi connectivity index (χ0v) is 10.2. The van der Waals surface area contributed by atoms with Crippen LogP contribution < -0.4 is 5.56 Å². The van der Waals surface area contributed by atoms with Gasteiger partial charge in [-0.15, -0.1) is 0 Å². The van der Waals surface area contributed by atoms with Crippen LogP contribution in [0.25, 0.3) is 10.9 Å². The van der Waals surface area contributed by atoms with Crippen LogP contribution in [0.5, 0.6) is 0 Å². The number of aromatic nitrogens is 2. The third kappa shape index (κ3) is 1.81. The van der Waals surface area contributed by atoms with Crippen molar-refractivity contribution in [3.05, 3.63) is 39.4 Å². The van der Waals surface area contributed by atoms with Gasteiger partial charge in [0.25, 0.3) is 5.56 Å². The maximum atomic E-state index is 12.0. The van der Waals surface area contributed by atoms with Crippen LogP contribution in [0.4, 0.5) is 0 Å². The summed E-state index contributed by atoms with van der Waals surface area (Å²) in [6, 6.07) is 3.97. The predicted octanol–water partition coefficient (Wildman–Crippen LogP) is 2.74. The lowest BCUT2D eigenvalue weighted by atomic mass is 10.2. The molecule has 0 spiro atoms. The molecule has 0 saturated heterocycles. The van der Waals surface area contributed by atoms with E-state index < -0.39 is 0 Å². The predicted molar refractivity (Wildman–Crippen MR) is 64.1 cm³/mol. The molecule has 78 valence electrons. The van der Waals surface area contributed by atoms with E-state index in [2.05, 4.69) is 20.9 Å². The number of nitrogens with zero attached hydrogens (tertiary/aromatic N) is 2. The molecule has 2 aromatic heterocycles. The largest absolute Gasteiger partial charge is 0.311 e. The Morgan fingerprint density at radius 3 is 2.87 bits per heavy atom. The lowest BCUT2D eigenvalue weighted by molar-refractivity contribution is 0.582. The smallest absolute Gasteiger partial charge is 0.277 e. The van der Waals surface area contributed by atoms with E-state index in [4.69, 9.17) is 0 Å². The first-order valence-electron chi connectivity index (χ1n) is 4.76. The summed E-state index contributed by atoms with van der Waals surface area (Å²) >= 11 is 3.33. The van der Waals surface area contributed by atoms with Crippen LogP contribution in [0.1, 0.15) is 19.9 Å². The molecule has 2 aromatic rings. The molecule has 0 amide bonds. The van der Waals surface area contributed by atoms with Crippen molar-refractivity contribution in [2.75, 3.05) is 0 Å². The van der Waals surface area contributed by atoms with Crippen molar-refractivity contribution in [1.82, 2.24) is 9.55 Å². The van der Waals surface area contributed by atoms with Gasteiger partial charge < -0.3 is 4.57 Å². The fraction of sp³-hybridized carbons (Fsp3) is 0.273. The topological polar surface area (TPSA) is 34.9 Å². The molecule has 0 aliphatic heterocycles. The summed E-state index contributed by atoms with van der Waals surface area (Å²) in [6.45, 7) is 3.96. The average Bonchev–Trinajstić information content (AvgIpc) is 2.17. The summed E-state index contributed by atoms with van der Waals surface area (Å²) in [5, 5.41) is 0.867. The van der Waals surface area contributed by atoms with Gasteiger partial charge in [0.2, 0.25) is 0 Å². The van der Waals surface area contributed by atoms with Gasteiger partial charge in [-0.2, -0.15) is 0 Å². The highest BCUT2D eigenvalue weighted by Crippen LogP contribution is 2.15. The molecular formula is C11H11BrN2O. The Kier molecular flexibility index (Phi) is 2.61. The highest BCUT2D eigenvalue weighted by Gasteiger charge is 2.06. The van der Waals surface area contributed by atoms with Gasteiger partial charge in [-0.05, 0) is 41.9 Å². The lowest BCUT2D eigenvalue weighted by Crippen LogP contribution is -2.21. The van der Waals surface area contributed by atoms with Crippen LogP contribution in [0.2, 0.25) is 0 Å². The number of hydrogen-bond acceptors (Lipinski definition) is 2. The fourth-order valence-corrected chi connectivity index (χ4v) is 1.87. The summed E-state index contributed by atoms with van der Waals surface area (Å²) in [6.07, 6.45) is 3.46. The van der Waals surface area contributed by atoms with Crippen molar-refractivity contribution in [3.8, 4) is 0 Å². The SMILES string of the molecule is CC(C)n1ccc2cc(Br)cnc2c1=O. The highest BCUT2D eigenvalue weighted by atomic mass is 79.9. The number of hydrogen-bond donors (Lipinski definition) is 0. The zero-order valence-electron chi connectivity index (χ0n) is 8.57. The quantitative estimate of drug-likeness (QED) is 0.796. The zero-order chi connectivity index (χ0) is 11.0. The molecule has 0 bridgehead atoms. The van der Waals surface area contributed by atoms with Gasteiger partial charge in [0.05, 0.1) is 0 Å². The second-order valence-electron chi connectivity index (χ2n) is 3.71. The third-order valence-electron chi connectivity index (χ3n) is 2.29. The molecule has 3 nitrogen and oxygen atoms in total. The van der Waals surface area contributed by atoms with E-state index in [9.17, 15) is 4.79 Å². The molecule has 0 saturated carbocycles. The van der Waals surface area contributed by atoms with E-state index in [0.29, 0.717) is 5.52 Å². The second-order valence-corrected chi connectivity index (χ2v) is 4.63. The third-order valence-corrected chi connectivity index (χ3v) is 2.73. The second kappa shape index (κ2) is 3.77. The van der Waals surface area contributed by atoms with Gasteiger partial charge >= 0.3 is 0 Å². The summed E-state index contributed by atoms with van der Waals surface area (Å²) in [4.78, 5) is 16.1. The van der Waals surface area contributed by atoms with Gasteiger partial charge in [-0.3, -0.25) is 4.79 Å². The minimum atomic E-state index is -0.0324. The van der Waals surface area contributed by atoms with E-state index in [1.807, 2.05) is 32.2 Å². The van der Waals surface area contributed by atoms with Gasteiger partial charge in [0.15, 0.2) is 0 Å². The first-order valence-corrected chi connectivity index (χ1v) is 5.55. The Bertz CT molecular complexity index is 560. The van der Waals surface area contributed by atoms with Crippen molar-refractivity contribution < 1.29 is 0 Å². The van der Waals surface area contributed by atoms with Crippen LogP contribution in [0, 0.1) is 0 Å². The van der Waals surface area contributed by atoms with Crippen molar-refractivity contribution >= 4 is 26.8 Å². The van der Waals surface area contributed by atoms with Crippen LogP contribution in [0.3, 0.4) is 0 Å². The Hall–Kier alpha value is -1.16. The van der Waals surface area contributed by atoms with Gasteiger partial charge in [0.1, 0.15) is 5.52 Å². The Morgan fingerprint density at radius 1 is 1.47 bits per heavy atom. The van der Waals surface area contributed by atoms with Crippen LogP contribution in [0.15, 0.2) is 33.8 Å². The molecule has 0 aliphatic carbocycles. The molecule has 15 heavy (non-hydrogen) atoms. The van der Waals surface area contributed by atoms with Crippen molar-refractivity contribution in [1.29, 1.82) is 0 Å². The molecule has 0 unspecified atom stereocenters. The molecular weight excluding hydrogens is 256 g/mol. The molecule has 2 heterocycles. The number of pyridine rings is 2. The summed E-state index contributed by atoms with van der Waals surface area (Å²) in [5.74, 6) is 0. The van der Waals surface area contributed by atoms with Crippen LogP contribution in [-0.4, -0.2) is 9.55 Å². The highest BCUT2D eigenvalue weighted by molar-refractivity contribution is 9.10. The molecule has 0 fully saturated rings. The molecule has 0 N–H and O–H groups in total. The fourth-order valence-electron chi connectivity index (χ4n) is 1.52. The number of fused-ring (bicyclic) bond motifs is 1. The summed E-state index contributed by atoms with van der Waals surface area (Å²) in [7, 11) is 0. The van der Waals surface area contributed by atoms with Gasteiger partial charge in [0, 0.05) is 28.3 Å². The minimum Gasteiger partial charge on any atom is -0.311 e. The van der Waals surface area contributed by atoms with Crippen molar-refractivity contribution in [3.63, 3.8) is 0 Å². The monoisotopic (exact) mass is 266 g/mol. The van der Waals surface area contributed by atoms with Crippen LogP contribution >= 0.6 is 15.9 Å². The molecule has 4 heteroatoms. The summed E-state index contributed by atoms with van der Waals surface area (Å²) in [5.41, 5.74) is 0.490. The van der Waals surface area contributed by atoms with Crippen molar-refractivity contribution in [2.24, 2.45) is 0 Å². The maximum absolute atomic E-state index is 12.0. The first kappa shape index (κ1) is 10.4. The molecule has 0 aromatic carbocycles. The Morgan fingerprint density at radius 2 is 2.20 bits per heavy atom. The molecule has 0 atom stereocenters. The number of rotatable bonds is 1. The van der Waals surface area contributed by atoms with Gasteiger partial charge in [-0.25, -0.2) is 4.98 Å². The standard InChI is InChI=1S/C11H11BrN2O/c1-7(2)14-4-3-8-5-9(12)6-13-10(8)11(14)15/h3-7H,1-2H3. The summed E-state index contributed by atoms with van der Waals surface area (Å²) < 4.78 is 2.57. The number of halogens is 1. The lowest BCUT2D eigenvalue weighted by Gasteiger charge is -2.09. The average molecular weight is 267 g/mol. The Balaban J connectivity index is 2.80. The Labute approximate surface area is 95.9 Å². The van der Waals surface area contributed by atoms with Gasteiger partial charge in [-0.1, -0.05) is 0 Å². The van der Waals surface area contributed by atoms with E-state index in [1.165, 1.54) is 0 Å². The van der Waals surface area contributed by atoms with E-state index in [1.54, 1.807) is 10.8 Å². The van der Waals surface area contributed by atoms with E-state index >= 15 is 0 Å². The van der Waals surface area contributed by atoms with Crippen LogP contribution in [-0.2, 0) is 0 Å².